The molecule has 0 spiro atoms. The summed E-state index contributed by atoms with van der Waals surface area (Å²) >= 11 is 0. The van der Waals surface area contributed by atoms with Gasteiger partial charge in [-0.15, -0.1) is 0 Å². The van der Waals surface area contributed by atoms with Crippen LogP contribution in [0, 0.1) is 0 Å². The number of ketones is 1. The molecule has 2 aromatic rings. The lowest BCUT2D eigenvalue weighted by Crippen LogP contribution is -2.23. The van der Waals surface area contributed by atoms with Crippen molar-refractivity contribution in [2.45, 2.75) is 25.8 Å². The molecule has 2 N–H and O–H groups in total. The maximum absolute atomic E-state index is 12.2. The molecular formula is C17H16N2O4. The number of nitrogens with one attached hydrogen (secondary N) is 2. The molecule has 23 heavy (non-hydrogen) atoms. The van der Waals surface area contributed by atoms with E-state index in [2.05, 4.69) is 10.6 Å². The molecule has 0 saturated heterocycles. The van der Waals surface area contributed by atoms with Gasteiger partial charge in [0.2, 0.25) is 11.8 Å². The quantitative estimate of drug-likeness (QED) is 0.799. The molecule has 0 atom stereocenters. The van der Waals surface area contributed by atoms with Gasteiger partial charge in [0.15, 0.2) is 5.78 Å². The first-order valence-corrected chi connectivity index (χ1v) is 7.37. The monoisotopic (exact) mass is 312 g/mol. The Morgan fingerprint density at radius 3 is 2.87 bits per heavy atom. The average molecular weight is 312 g/mol. The highest BCUT2D eigenvalue weighted by molar-refractivity contribution is 6.02. The third-order valence-electron chi connectivity index (χ3n) is 3.67. The summed E-state index contributed by atoms with van der Waals surface area (Å²) in [6, 6.07) is 8.64. The van der Waals surface area contributed by atoms with Crippen LogP contribution in [0.4, 0.5) is 5.69 Å². The molecular weight excluding hydrogens is 296 g/mol. The summed E-state index contributed by atoms with van der Waals surface area (Å²) in [7, 11) is 0. The lowest BCUT2D eigenvalue weighted by Gasteiger charge is -2.05. The summed E-state index contributed by atoms with van der Waals surface area (Å²) in [5.74, 6) is 0.287. The number of fused-ring (bicyclic) bond motifs is 1. The second-order valence-electron chi connectivity index (χ2n) is 5.38. The molecule has 0 saturated carbocycles. The van der Waals surface area contributed by atoms with Crippen LogP contribution in [0.1, 0.15) is 34.5 Å². The second-order valence-corrected chi connectivity index (χ2v) is 5.38. The van der Waals surface area contributed by atoms with Crippen LogP contribution in [0.3, 0.4) is 0 Å². The van der Waals surface area contributed by atoms with Crippen LogP contribution in [0.2, 0.25) is 0 Å². The third kappa shape index (κ3) is 3.66. The highest BCUT2D eigenvalue weighted by Crippen LogP contribution is 2.24. The number of carbonyl (C=O) groups is 3. The van der Waals surface area contributed by atoms with Crippen LogP contribution in [0.25, 0.3) is 0 Å². The number of benzene rings is 1. The van der Waals surface area contributed by atoms with Crippen LogP contribution in [0.15, 0.2) is 41.0 Å². The summed E-state index contributed by atoms with van der Waals surface area (Å²) < 4.78 is 5.12. The van der Waals surface area contributed by atoms with E-state index in [4.69, 9.17) is 4.42 Å². The smallest absolute Gasteiger partial charge is 0.228 e. The largest absolute Gasteiger partial charge is 0.467 e. The zero-order valence-corrected chi connectivity index (χ0v) is 12.4. The summed E-state index contributed by atoms with van der Waals surface area (Å²) in [5.41, 5.74) is 2.10. The Kier molecular flexibility index (Phi) is 4.23. The minimum Gasteiger partial charge on any atom is -0.467 e. The number of rotatable bonds is 6. The van der Waals surface area contributed by atoms with Crippen molar-refractivity contribution in [3.05, 3.63) is 53.5 Å². The van der Waals surface area contributed by atoms with Gasteiger partial charge in [0.05, 0.1) is 19.2 Å². The van der Waals surface area contributed by atoms with Crippen molar-refractivity contribution in [2.24, 2.45) is 0 Å². The topological polar surface area (TPSA) is 88.4 Å². The van der Waals surface area contributed by atoms with Gasteiger partial charge in [-0.3, -0.25) is 14.4 Å². The van der Waals surface area contributed by atoms with E-state index in [-0.39, 0.29) is 30.4 Å². The average Bonchev–Trinajstić information content (AvgIpc) is 3.17. The van der Waals surface area contributed by atoms with Crippen LogP contribution in [-0.4, -0.2) is 17.6 Å². The SMILES string of the molecule is O=C(CCC(=O)c1ccc2c(c1)CC(=O)N2)NCc1ccco1. The maximum atomic E-state index is 12.2. The second kappa shape index (κ2) is 6.48. The molecule has 6 heteroatoms. The fourth-order valence-electron chi connectivity index (χ4n) is 2.46. The van der Waals surface area contributed by atoms with Crippen LogP contribution in [-0.2, 0) is 22.6 Å². The normalized spacial score (nSPS) is 12.6. The van der Waals surface area contributed by atoms with E-state index in [1.807, 2.05) is 0 Å². The zero-order chi connectivity index (χ0) is 16.2. The van der Waals surface area contributed by atoms with Crippen molar-refractivity contribution < 1.29 is 18.8 Å². The molecule has 0 bridgehead atoms. The Bertz CT molecular complexity index is 750. The van der Waals surface area contributed by atoms with E-state index in [0.29, 0.717) is 24.3 Å². The van der Waals surface area contributed by atoms with Crippen molar-refractivity contribution in [3.8, 4) is 0 Å². The highest BCUT2D eigenvalue weighted by Gasteiger charge is 2.19. The van der Waals surface area contributed by atoms with E-state index in [9.17, 15) is 14.4 Å². The van der Waals surface area contributed by atoms with E-state index in [1.54, 1.807) is 36.6 Å². The predicted octanol–water partition coefficient (Wildman–Crippen LogP) is 2.05. The summed E-state index contributed by atoms with van der Waals surface area (Å²) in [6.45, 7) is 0.312. The Morgan fingerprint density at radius 1 is 1.22 bits per heavy atom. The molecule has 1 aliphatic rings. The van der Waals surface area contributed by atoms with E-state index in [1.165, 1.54) is 0 Å². The predicted molar refractivity (Wildman–Crippen MR) is 82.9 cm³/mol. The third-order valence-corrected chi connectivity index (χ3v) is 3.67. The summed E-state index contributed by atoms with van der Waals surface area (Å²) in [6.07, 6.45) is 2.08. The van der Waals surface area contributed by atoms with E-state index >= 15 is 0 Å². The minimum atomic E-state index is -0.201. The first-order chi connectivity index (χ1) is 11.1. The van der Waals surface area contributed by atoms with Gasteiger partial charge >= 0.3 is 0 Å². The molecule has 1 aromatic heterocycles. The molecule has 0 aliphatic carbocycles. The summed E-state index contributed by atoms with van der Waals surface area (Å²) in [4.78, 5) is 35.2. The van der Waals surface area contributed by atoms with Gasteiger partial charge in [-0.1, -0.05) is 0 Å². The van der Waals surface area contributed by atoms with Gasteiger partial charge in [0.1, 0.15) is 5.76 Å². The summed E-state index contributed by atoms with van der Waals surface area (Å²) in [5, 5.41) is 5.42. The van der Waals surface area contributed by atoms with Gasteiger partial charge in [-0.25, -0.2) is 0 Å². The molecule has 0 radical (unpaired) electrons. The number of carbonyl (C=O) groups excluding carboxylic acids is 3. The maximum Gasteiger partial charge on any atom is 0.228 e. The van der Waals surface area contributed by atoms with E-state index in [0.717, 1.165) is 11.3 Å². The van der Waals surface area contributed by atoms with E-state index < -0.39 is 0 Å². The zero-order valence-electron chi connectivity index (χ0n) is 12.4. The molecule has 0 fully saturated rings. The van der Waals surface area contributed by atoms with Crippen molar-refractivity contribution in [2.75, 3.05) is 5.32 Å². The molecule has 1 aliphatic heterocycles. The standard InChI is InChI=1S/C17H16N2O4/c20-15(5-6-16(21)18-10-13-2-1-7-23-13)11-3-4-14-12(8-11)9-17(22)19-14/h1-4,7-8H,5-6,9-10H2,(H,18,21)(H,19,22). The van der Waals surface area contributed by atoms with Crippen LogP contribution < -0.4 is 10.6 Å². The lowest BCUT2D eigenvalue weighted by molar-refractivity contribution is -0.121. The molecule has 0 unspecified atom stereocenters. The van der Waals surface area contributed by atoms with Crippen LogP contribution >= 0.6 is 0 Å². The lowest BCUT2D eigenvalue weighted by atomic mass is 10.0. The highest BCUT2D eigenvalue weighted by atomic mass is 16.3. The van der Waals surface area contributed by atoms with Crippen molar-refractivity contribution in [3.63, 3.8) is 0 Å². The molecule has 3 rings (SSSR count). The van der Waals surface area contributed by atoms with Crippen molar-refractivity contribution in [1.29, 1.82) is 0 Å². The number of anilines is 1. The number of hydrogen-bond acceptors (Lipinski definition) is 4. The molecule has 2 heterocycles. The van der Waals surface area contributed by atoms with Crippen molar-refractivity contribution in [1.82, 2.24) is 5.32 Å². The first kappa shape index (κ1) is 15.0. The Morgan fingerprint density at radius 2 is 2.09 bits per heavy atom. The number of Topliss-reactive ketones (excluding diaryl/α,β-unsaturated/α-hetero) is 1. The molecule has 1 aromatic carbocycles. The minimum absolute atomic E-state index is 0.0677. The first-order valence-electron chi connectivity index (χ1n) is 7.37. The fraction of sp³-hybridized carbons (Fsp3) is 0.235. The van der Waals surface area contributed by atoms with Gasteiger partial charge in [-0.2, -0.15) is 0 Å². The van der Waals surface area contributed by atoms with Gasteiger partial charge in [0, 0.05) is 24.1 Å². The van der Waals surface area contributed by atoms with Gasteiger partial charge in [0.25, 0.3) is 0 Å². The number of amides is 2. The van der Waals surface area contributed by atoms with Gasteiger partial charge < -0.3 is 15.1 Å². The Labute approximate surface area is 132 Å². The van der Waals surface area contributed by atoms with Crippen LogP contribution in [0.5, 0.6) is 0 Å². The van der Waals surface area contributed by atoms with Gasteiger partial charge in [-0.05, 0) is 35.9 Å². The Hall–Kier alpha value is -2.89. The fourth-order valence-corrected chi connectivity index (χ4v) is 2.46. The van der Waals surface area contributed by atoms with Crippen molar-refractivity contribution >= 4 is 23.3 Å². The number of hydrogen-bond donors (Lipinski definition) is 2. The number of furan rings is 1. The molecule has 6 nitrogen and oxygen atoms in total. The Balaban J connectivity index is 1.50. The molecule has 118 valence electrons. The molecule has 2 amide bonds.